The van der Waals surface area contributed by atoms with Gasteiger partial charge in [0.15, 0.2) is 0 Å². The number of morpholine rings is 1. The van der Waals surface area contributed by atoms with Gasteiger partial charge < -0.3 is 14.3 Å². The average Bonchev–Trinajstić information content (AvgIpc) is 3.13. The Morgan fingerprint density at radius 2 is 2.50 bits per heavy atom. The van der Waals surface area contributed by atoms with Crippen molar-refractivity contribution in [3.05, 3.63) is 40.7 Å². The van der Waals surface area contributed by atoms with E-state index in [0.717, 1.165) is 19.7 Å². The number of aliphatic hydroxyl groups is 1. The Morgan fingerprint density at radius 1 is 1.55 bits per heavy atom. The van der Waals surface area contributed by atoms with Crippen molar-refractivity contribution in [2.75, 3.05) is 19.8 Å². The second-order valence-electron chi connectivity index (χ2n) is 4.93. The van der Waals surface area contributed by atoms with Crippen LogP contribution >= 0.6 is 11.3 Å². The molecule has 1 saturated heterocycles. The molecule has 0 radical (unpaired) electrons. The second kappa shape index (κ2) is 6.49. The number of aromatic nitrogens is 1. The molecule has 1 aliphatic rings. The van der Waals surface area contributed by atoms with Crippen molar-refractivity contribution in [1.82, 2.24) is 9.88 Å². The molecule has 1 N–H and O–H groups in total. The monoisotopic (exact) mass is 294 g/mol. The largest absolute Gasteiger partial charge is 0.467 e. The molecule has 6 heteroatoms. The predicted octanol–water partition coefficient (Wildman–Crippen LogP) is 2.06. The smallest absolute Gasteiger partial charge is 0.132 e. The molecule has 0 aliphatic carbocycles. The summed E-state index contributed by atoms with van der Waals surface area (Å²) in [5, 5.41) is 10.2. The van der Waals surface area contributed by atoms with Crippen molar-refractivity contribution >= 4 is 11.3 Å². The zero-order valence-corrected chi connectivity index (χ0v) is 12.0. The lowest BCUT2D eigenvalue weighted by atomic mass is 10.1. The van der Waals surface area contributed by atoms with E-state index in [4.69, 9.17) is 9.15 Å². The summed E-state index contributed by atoms with van der Waals surface area (Å²) < 4.78 is 10.8. The van der Waals surface area contributed by atoms with Crippen molar-refractivity contribution in [2.45, 2.75) is 25.1 Å². The van der Waals surface area contributed by atoms with Gasteiger partial charge in [-0.2, -0.15) is 0 Å². The number of ether oxygens (including phenoxy) is 1. The molecule has 2 atom stereocenters. The Hall–Kier alpha value is -1.21. The number of hydrogen-bond acceptors (Lipinski definition) is 6. The van der Waals surface area contributed by atoms with Gasteiger partial charge in [0.1, 0.15) is 11.9 Å². The minimum Gasteiger partial charge on any atom is -0.467 e. The second-order valence-corrected chi connectivity index (χ2v) is 5.90. The normalized spacial score (nSPS) is 21.9. The first kappa shape index (κ1) is 13.8. The molecule has 2 aromatic rings. The summed E-state index contributed by atoms with van der Waals surface area (Å²) in [4.78, 5) is 7.70. The Labute approximate surface area is 121 Å². The topological polar surface area (TPSA) is 58.7 Å². The molecule has 1 fully saturated rings. The zero-order chi connectivity index (χ0) is 13.8. The van der Waals surface area contributed by atoms with Crippen LogP contribution in [0.5, 0.6) is 0 Å². The number of nitrogens with zero attached hydrogens (tertiary/aromatic N) is 2. The maximum Gasteiger partial charge on any atom is 0.132 e. The lowest BCUT2D eigenvalue weighted by molar-refractivity contribution is -0.0319. The molecule has 1 aliphatic heterocycles. The summed E-state index contributed by atoms with van der Waals surface area (Å²) in [5.41, 5.74) is 1.85. The van der Waals surface area contributed by atoms with Gasteiger partial charge in [-0.1, -0.05) is 0 Å². The Balaban J connectivity index is 1.63. The fourth-order valence-electron chi connectivity index (χ4n) is 2.49. The molecule has 3 rings (SSSR count). The van der Waals surface area contributed by atoms with E-state index in [9.17, 15) is 5.11 Å². The molecule has 5 nitrogen and oxygen atoms in total. The molecular weight excluding hydrogens is 276 g/mol. The van der Waals surface area contributed by atoms with Crippen LogP contribution in [0.2, 0.25) is 0 Å². The van der Waals surface area contributed by atoms with Crippen molar-refractivity contribution < 1.29 is 14.3 Å². The Morgan fingerprint density at radius 3 is 3.25 bits per heavy atom. The van der Waals surface area contributed by atoms with Crippen molar-refractivity contribution in [1.29, 1.82) is 0 Å². The highest BCUT2D eigenvalue weighted by Gasteiger charge is 2.27. The van der Waals surface area contributed by atoms with E-state index in [0.29, 0.717) is 18.8 Å². The number of thiazole rings is 1. The number of hydrogen-bond donors (Lipinski definition) is 1. The first-order valence-corrected chi connectivity index (χ1v) is 7.61. The van der Waals surface area contributed by atoms with Crippen LogP contribution in [0, 0.1) is 0 Å². The van der Waals surface area contributed by atoms with Gasteiger partial charge in [-0.05, 0) is 18.6 Å². The standard InChI is InChI=1S/C14H18N2O3S/c17-13(14-2-1-4-19-14)6-11-9-18-5-3-16(11)8-12-7-15-10-20-12/h1-2,4,7,10-11,13,17H,3,5-6,8-9H2. The molecule has 3 heterocycles. The summed E-state index contributed by atoms with van der Waals surface area (Å²) in [6.45, 7) is 3.14. The molecule has 0 spiro atoms. The van der Waals surface area contributed by atoms with Gasteiger partial charge in [0, 0.05) is 30.2 Å². The fourth-order valence-corrected chi connectivity index (χ4v) is 3.11. The SMILES string of the molecule is OC(CC1COCCN1Cc1cncs1)c1ccco1. The third-order valence-corrected chi connectivity index (χ3v) is 4.32. The zero-order valence-electron chi connectivity index (χ0n) is 11.1. The molecule has 2 unspecified atom stereocenters. The lowest BCUT2D eigenvalue weighted by Gasteiger charge is -2.36. The highest BCUT2D eigenvalue weighted by molar-refractivity contribution is 7.09. The van der Waals surface area contributed by atoms with Gasteiger partial charge in [0.25, 0.3) is 0 Å². The van der Waals surface area contributed by atoms with E-state index < -0.39 is 6.10 Å². The van der Waals surface area contributed by atoms with Crippen LogP contribution < -0.4 is 0 Å². The number of furan rings is 1. The molecular formula is C14H18N2O3S. The van der Waals surface area contributed by atoms with Crippen LogP contribution in [-0.2, 0) is 11.3 Å². The van der Waals surface area contributed by atoms with Crippen molar-refractivity contribution in [3.8, 4) is 0 Å². The molecule has 20 heavy (non-hydrogen) atoms. The highest BCUT2D eigenvalue weighted by Crippen LogP contribution is 2.24. The van der Waals surface area contributed by atoms with E-state index >= 15 is 0 Å². The molecule has 2 aromatic heterocycles. The predicted molar refractivity (Wildman–Crippen MR) is 75.4 cm³/mol. The fraction of sp³-hybridized carbons (Fsp3) is 0.500. The van der Waals surface area contributed by atoms with Gasteiger partial charge in [-0.15, -0.1) is 11.3 Å². The van der Waals surface area contributed by atoms with Gasteiger partial charge in [-0.25, -0.2) is 0 Å². The summed E-state index contributed by atoms with van der Waals surface area (Å²) in [6.07, 6.45) is 3.53. The van der Waals surface area contributed by atoms with E-state index in [-0.39, 0.29) is 6.04 Å². The van der Waals surface area contributed by atoms with Gasteiger partial charge in [0.2, 0.25) is 0 Å². The highest BCUT2D eigenvalue weighted by atomic mass is 32.1. The van der Waals surface area contributed by atoms with Crippen molar-refractivity contribution in [2.24, 2.45) is 0 Å². The van der Waals surface area contributed by atoms with Crippen LogP contribution in [0.15, 0.2) is 34.5 Å². The average molecular weight is 294 g/mol. The first-order chi connectivity index (χ1) is 9.83. The van der Waals surface area contributed by atoms with Crippen LogP contribution in [0.1, 0.15) is 23.2 Å². The summed E-state index contributed by atoms with van der Waals surface area (Å²) in [7, 11) is 0. The molecule has 0 aromatic carbocycles. The summed E-state index contributed by atoms with van der Waals surface area (Å²) >= 11 is 1.66. The summed E-state index contributed by atoms with van der Waals surface area (Å²) in [5.74, 6) is 0.619. The summed E-state index contributed by atoms with van der Waals surface area (Å²) in [6, 6.07) is 3.80. The van der Waals surface area contributed by atoms with Crippen molar-refractivity contribution in [3.63, 3.8) is 0 Å². The lowest BCUT2D eigenvalue weighted by Crippen LogP contribution is -2.45. The van der Waals surface area contributed by atoms with E-state index in [1.54, 1.807) is 23.7 Å². The third-order valence-electron chi connectivity index (χ3n) is 3.56. The van der Waals surface area contributed by atoms with E-state index in [1.807, 2.05) is 17.8 Å². The molecule has 0 saturated carbocycles. The number of rotatable bonds is 5. The van der Waals surface area contributed by atoms with Gasteiger partial charge in [0.05, 0.1) is 25.0 Å². The van der Waals surface area contributed by atoms with Crippen LogP contribution in [0.3, 0.4) is 0 Å². The van der Waals surface area contributed by atoms with E-state index in [1.165, 1.54) is 4.88 Å². The molecule has 0 amide bonds. The first-order valence-electron chi connectivity index (χ1n) is 6.73. The Kier molecular flexibility index (Phi) is 4.47. The van der Waals surface area contributed by atoms with Gasteiger partial charge in [-0.3, -0.25) is 9.88 Å². The number of aliphatic hydroxyl groups excluding tert-OH is 1. The van der Waals surface area contributed by atoms with Crippen LogP contribution in [0.4, 0.5) is 0 Å². The molecule has 0 bridgehead atoms. The quantitative estimate of drug-likeness (QED) is 0.914. The minimum absolute atomic E-state index is 0.200. The van der Waals surface area contributed by atoms with Crippen LogP contribution in [0.25, 0.3) is 0 Å². The Bertz CT molecular complexity index is 500. The maximum atomic E-state index is 10.2. The van der Waals surface area contributed by atoms with E-state index in [2.05, 4.69) is 9.88 Å². The maximum absolute atomic E-state index is 10.2. The van der Waals surface area contributed by atoms with Crippen LogP contribution in [-0.4, -0.2) is 40.8 Å². The van der Waals surface area contributed by atoms with Gasteiger partial charge >= 0.3 is 0 Å². The molecule has 108 valence electrons. The minimum atomic E-state index is -0.583. The third kappa shape index (κ3) is 3.27.